The van der Waals surface area contributed by atoms with E-state index >= 15 is 0 Å². The number of carbonyl (C=O) groups is 1. The molecule has 1 aromatic carbocycles. The summed E-state index contributed by atoms with van der Waals surface area (Å²) < 4.78 is 5.24. The van der Waals surface area contributed by atoms with Crippen molar-refractivity contribution < 1.29 is 14.6 Å². The Morgan fingerprint density at radius 3 is 2.79 bits per heavy atom. The van der Waals surface area contributed by atoms with E-state index in [1.54, 1.807) is 7.11 Å². The second-order valence-corrected chi connectivity index (χ2v) is 4.06. The second kappa shape index (κ2) is 5.39. The minimum absolute atomic E-state index is 0.184. The number of anilines is 2. The van der Waals surface area contributed by atoms with E-state index in [0.29, 0.717) is 11.6 Å². The van der Waals surface area contributed by atoms with Crippen LogP contribution in [0.5, 0.6) is 5.75 Å². The Morgan fingerprint density at radius 1 is 1.32 bits per heavy atom. The van der Waals surface area contributed by atoms with Gasteiger partial charge in [-0.1, -0.05) is 6.07 Å². The molecular formula is C14H14N2O3. The molecule has 1 aromatic heterocycles. The maximum Gasteiger partial charge on any atom is 0.335 e. The molecular weight excluding hydrogens is 244 g/mol. The van der Waals surface area contributed by atoms with Gasteiger partial charge >= 0.3 is 5.97 Å². The van der Waals surface area contributed by atoms with Crippen LogP contribution in [0.15, 0.2) is 36.5 Å². The molecule has 5 heteroatoms. The Labute approximate surface area is 110 Å². The van der Waals surface area contributed by atoms with Crippen molar-refractivity contribution in [1.29, 1.82) is 0 Å². The van der Waals surface area contributed by atoms with Gasteiger partial charge in [0.25, 0.3) is 0 Å². The van der Waals surface area contributed by atoms with Gasteiger partial charge in [-0.05, 0) is 36.8 Å². The van der Waals surface area contributed by atoms with E-state index in [-0.39, 0.29) is 5.56 Å². The fourth-order valence-corrected chi connectivity index (χ4v) is 1.69. The predicted molar refractivity (Wildman–Crippen MR) is 72.2 cm³/mol. The number of aromatic nitrogens is 1. The lowest BCUT2D eigenvalue weighted by Gasteiger charge is -2.11. The number of benzene rings is 1. The third-order valence-electron chi connectivity index (χ3n) is 2.62. The van der Waals surface area contributed by atoms with Crippen LogP contribution in [0.2, 0.25) is 0 Å². The predicted octanol–water partition coefficient (Wildman–Crippen LogP) is 2.84. The van der Waals surface area contributed by atoms with Crippen LogP contribution in [0.4, 0.5) is 11.5 Å². The van der Waals surface area contributed by atoms with Crippen LogP contribution >= 0.6 is 0 Å². The van der Waals surface area contributed by atoms with Crippen molar-refractivity contribution >= 4 is 17.5 Å². The number of carboxylic acids is 1. The summed E-state index contributed by atoms with van der Waals surface area (Å²) in [5.41, 5.74) is 2.00. The molecule has 0 atom stereocenters. The molecule has 0 bridgehead atoms. The number of nitrogens with zero attached hydrogens (tertiary/aromatic N) is 1. The van der Waals surface area contributed by atoms with Gasteiger partial charge < -0.3 is 15.2 Å². The molecule has 0 aliphatic rings. The Bertz CT molecular complexity index is 611. The van der Waals surface area contributed by atoms with Gasteiger partial charge in [0.1, 0.15) is 11.6 Å². The topological polar surface area (TPSA) is 71.5 Å². The Morgan fingerprint density at radius 2 is 2.11 bits per heavy atom. The standard InChI is InChI=1S/C14H14N2O3/c1-9-3-4-12(19-2)11(7-9)16-13-8-10(14(17)18)5-6-15-13/h3-8H,1-2H3,(H,15,16)(H,17,18). The average Bonchev–Trinajstić information content (AvgIpc) is 2.39. The first-order valence-electron chi connectivity index (χ1n) is 5.71. The molecule has 98 valence electrons. The van der Waals surface area contributed by atoms with E-state index < -0.39 is 5.97 Å². The third-order valence-corrected chi connectivity index (χ3v) is 2.62. The Balaban J connectivity index is 2.33. The van der Waals surface area contributed by atoms with Gasteiger partial charge in [-0.15, -0.1) is 0 Å². The van der Waals surface area contributed by atoms with Crippen LogP contribution in [0.25, 0.3) is 0 Å². The SMILES string of the molecule is COc1ccc(C)cc1Nc1cc(C(=O)O)ccn1. The number of ether oxygens (including phenoxy) is 1. The van der Waals surface area contributed by atoms with Gasteiger partial charge in [-0.25, -0.2) is 9.78 Å². The quantitative estimate of drug-likeness (QED) is 0.882. The number of aromatic carboxylic acids is 1. The molecule has 2 rings (SSSR count). The Hall–Kier alpha value is -2.56. The van der Waals surface area contributed by atoms with Gasteiger partial charge in [0.15, 0.2) is 0 Å². The van der Waals surface area contributed by atoms with Gasteiger partial charge in [-0.2, -0.15) is 0 Å². The fourth-order valence-electron chi connectivity index (χ4n) is 1.69. The maximum absolute atomic E-state index is 10.9. The molecule has 2 aromatic rings. The highest BCUT2D eigenvalue weighted by Gasteiger charge is 2.07. The highest BCUT2D eigenvalue weighted by atomic mass is 16.5. The smallest absolute Gasteiger partial charge is 0.335 e. The normalized spacial score (nSPS) is 10.0. The van der Waals surface area contributed by atoms with Crippen LogP contribution in [0.3, 0.4) is 0 Å². The van der Waals surface area contributed by atoms with Crippen molar-refractivity contribution in [2.75, 3.05) is 12.4 Å². The summed E-state index contributed by atoms with van der Waals surface area (Å²) in [6, 6.07) is 8.61. The highest BCUT2D eigenvalue weighted by molar-refractivity contribution is 5.88. The van der Waals surface area contributed by atoms with Crippen LogP contribution in [-0.4, -0.2) is 23.2 Å². The number of hydrogen-bond acceptors (Lipinski definition) is 4. The van der Waals surface area contributed by atoms with Gasteiger partial charge in [0.2, 0.25) is 0 Å². The molecule has 0 radical (unpaired) electrons. The van der Waals surface area contributed by atoms with Crippen molar-refractivity contribution in [3.63, 3.8) is 0 Å². The van der Waals surface area contributed by atoms with Crippen LogP contribution in [0, 0.1) is 6.92 Å². The lowest BCUT2D eigenvalue weighted by atomic mass is 10.2. The minimum Gasteiger partial charge on any atom is -0.495 e. The first-order valence-corrected chi connectivity index (χ1v) is 5.71. The molecule has 0 amide bonds. The molecule has 0 aliphatic carbocycles. The molecule has 0 aliphatic heterocycles. The average molecular weight is 258 g/mol. The molecule has 0 saturated heterocycles. The van der Waals surface area contributed by atoms with Gasteiger partial charge in [-0.3, -0.25) is 0 Å². The number of carboxylic acid groups (broad SMARTS) is 1. The number of rotatable bonds is 4. The van der Waals surface area contributed by atoms with Crippen LogP contribution in [0.1, 0.15) is 15.9 Å². The van der Waals surface area contributed by atoms with Crippen molar-refractivity contribution in [2.45, 2.75) is 6.92 Å². The number of nitrogens with one attached hydrogen (secondary N) is 1. The molecule has 0 fully saturated rings. The highest BCUT2D eigenvalue weighted by Crippen LogP contribution is 2.27. The second-order valence-electron chi connectivity index (χ2n) is 4.06. The largest absolute Gasteiger partial charge is 0.495 e. The number of pyridine rings is 1. The van der Waals surface area contributed by atoms with Crippen molar-refractivity contribution in [3.8, 4) is 5.75 Å². The number of aryl methyl sites for hydroxylation is 1. The lowest BCUT2D eigenvalue weighted by Crippen LogP contribution is -2.01. The zero-order chi connectivity index (χ0) is 13.8. The van der Waals surface area contributed by atoms with Crippen LogP contribution in [-0.2, 0) is 0 Å². The summed E-state index contributed by atoms with van der Waals surface area (Å²) in [6.45, 7) is 1.96. The third kappa shape index (κ3) is 3.01. The van der Waals surface area contributed by atoms with E-state index in [1.165, 1.54) is 18.3 Å². The molecule has 5 nitrogen and oxygen atoms in total. The zero-order valence-corrected chi connectivity index (χ0v) is 10.7. The first-order chi connectivity index (χ1) is 9.10. The van der Waals surface area contributed by atoms with Gasteiger partial charge in [0, 0.05) is 6.20 Å². The number of hydrogen-bond donors (Lipinski definition) is 2. The summed E-state index contributed by atoms with van der Waals surface area (Å²) in [4.78, 5) is 15.0. The fraction of sp³-hybridized carbons (Fsp3) is 0.143. The molecule has 0 saturated carbocycles. The molecule has 0 unspecified atom stereocenters. The monoisotopic (exact) mass is 258 g/mol. The summed E-state index contributed by atoms with van der Waals surface area (Å²) >= 11 is 0. The molecule has 1 heterocycles. The minimum atomic E-state index is -0.985. The zero-order valence-electron chi connectivity index (χ0n) is 10.7. The van der Waals surface area contributed by atoms with Gasteiger partial charge in [0.05, 0.1) is 18.4 Å². The van der Waals surface area contributed by atoms with E-state index in [0.717, 1.165) is 11.3 Å². The van der Waals surface area contributed by atoms with E-state index in [9.17, 15) is 4.79 Å². The maximum atomic E-state index is 10.9. The molecule has 0 spiro atoms. The van der Waals surface area contributed by atoms with Crippen molar-refractivity contribution in [2.24, 2.45) is 0 Å². The van der Waals surface area contributed by atoms with E-state index in [4.69, 9.17) is 9.84 Å². The summed E-state index contributed by atoms with van der Waals surface area (Å²) in [5, 5.41) is 12.0. The van der Waals surface area contributed by atoms with Crippen molar-refractivity contribution in [3.05, 3.63) is 47.7 Å². The lowest BCUT2D eigenvalue weighted by molar-refractivity contribution is 0.0697. The van der Waals surface area contributed by atoms with E-state index in [2.05, 4.69) is 10.3 Å². The Kier molecular flexibility index (Phi) is 3.66. The molecule has 2 N–H and O–H groups in total. The number of methoxy groups -OCH3 is 1. The first kappa shape index (κ1) is 12.9. The summed E-state index contributed by atoms with van der Waals surface area (Å²) in [7, 11) is 1.58. The van der Waals surface area contributed by atoms with Crippen molar-refractivity contribution in [1.82, 2.24) is 4.98 Å². The van der Waals surface area contributed by atoms with Crippen LogP contribution < -0.4 is 10.1 Å². The van der Waals surface area contributed by atoms with E-state index in [1.807, 2.05) is 25.1 Å². The summed E-state index contributed by atoms with van der Waals surface area (Å²) in [6.07, 6.45) is 1.45. The molecule has 19 heavy (non-hydrogen) atoms. The summed E-state index contributed by atoms with van der Waals surface area (Å²) in [5.74, 6) is 0.151.